The quantitative estimate of drug-likeness (QED) is 0.345. The second-order valence-electron chi connectivity index (χ2n) is 7.42. The molecule has 0 saturated carbocycles. The van der Waals surface area contributed by atoms with Gasteiger partial charge in [0.25, 0.3) is 11.8 Å². The number of aromatic amines is 1. The number of H-pyrrole nitrogens is 1. The Morgan fingerprint density at radius 3 is 2.39 bits per heavy atom. The summed E-state index contributed by atoms with van der Waals surface area (Å²) < 4.78 is 0. The van der Waals surface area contributed by atoms with Crippen LogP contribution >= 0.6 is 0 Å². The first kappa shape index (κ1) is 20.4. The zero-order chi connectivity index (χ0) is 21.8. The van der Waals surface area contributed by atoms with Crippen LogP contribution in [0.5, 0.6) is 5.75 Å². The van der Waals surface area contributed by atoms with Gasteiger partial charge in [-0.3, -0.25) is 9.59 Å². The van der Waals surface area contributed by atoms with Gasteiger partial charge < -0.3 is 20.7 Å². The summed E-state index contributed by atoms with van der Waals surface area (Å²) in [5, 5.41) is 17.4. The SMILES string of the molecule is Cc1nc(C(=O)NCCCCNC(=O)c2ccccc2O)cc2c1[nH]c1ccccc12. The van der Waals surface area contributed by atoms with Gasteiger partial charge in [0.05, 0.1) is 16.8 Å². The lowest BCUT2D eigenvalue weighted by molar-refractivity contribution is 0.0935. The zero-order valence-electron chi connectivity index (χ0n) is 17.2. The minimum atomic E-state index is -0.311. The number of aromatic nitrogens is 2. The number of para-hydroxylation sites is 2. The van der Waals surface area contributed by atoms with E-state index in [9.17, 15) is 14.7 Å². The number of aromatic hydroxyl groups is 1. The van der Waals surface area contributed by atoms with Gasteiger partial charge in [0.15, 0.2) is 0 Å². The highest BCUT2D eigenvalue weighted by atomic mass is 16.3. The lowest BCUT2D eigenvalue weighted by atomic mass is 10.1. The molecule has 0 spiro atoms. The maximum Gasteiger partial charge on any atom is 0.269 e. The Hall–Kier alpha value is -3.87. The van der Waals surface area contributed by atoms with Gasteiger partial charge in [-0.05, 0) is 44.0 Å². The average molecular weight is 416 g/mol. The first-order valence-corrected chi connectivity index (χ1v) is 10.3. The van der Waals surface area contributed by atoms with Crippen molar-refractivity contribution < 1.29 is 14.7 Å². The van der Waals surface area contributed by atoms with Gasteiger partial charge in [-0.25, -0.2) is 4.98 Å². The molecule has 4 N–H and O–H groups in total. The molecule has 0 bridgehead atoms. The van der Waals surface area contributed by atoms with E-state index in [4.69, 9.17) is 0 Å². The normalized spacial score (nSPS) is 11.0. The second kappa shape index (κ2) is 8.87. The van der Waals surface area contributed by atoms with E-state index in [2.05, 4.69) is 20.6 Å². The maximum absolute atomic E-state index is 12.6. The number of rotatable bonds is 7. The number of nitrogens with zero attached hydrogens (tertiary/aromatic N) is 1. The number of carbonyl (C=O) groups excluding carboxylic acids is 2. The number of aryl methyl sites for hydroxylation is 1. The summed E-state index contributed by atoms with van der Waals surface area (Å²) in [5.74, 6) is -0.565. The van der Waals surface area contributed by atoms with Crippen molar-refractivity contribution in [3.8, 4) is 5.75 Å². The molecule has 4 aromatic rings. The predicted octanol–water partition coefficient (Wildman–Crippen LogP) is 3.67. The van der Waals surface area contributed by atoms with Crippen molar-refractivity contribution in [1.82, 2.24) is 20.6 Å². The van der Waals surface area contributed by atoms with Crippen LogP contribution < -0.4 is 10.6 Å². The molecule has 4 rings (SSSR count). The molecule has 2 aromatic carbocycles. The Morgan fingerprint density at radius 1 is 0.935 bits per heavy atom. The molecule has 2 amide bonds. The minimum Gasteiger partial charge on any atom is -0.507 e. The Balaban J connectivity index is 1.29. The monoisotopic (exact) mass is 416 g/mol. The first-order chi connectivity index (χ1) is 15.0. The molecule has 0 aliphatic heterocycles. The summed E-state index contributed by atoms with van der Waals surface area (Å²) in [4.78, 5) is 32.4. The Morgan fingerprint density at radius 2 is 1.61 bits per heavy atom. The highest BCUT2D eigenvalue weighted by Crippen LogP contribution is 2.27. The summed E-state index contributed by atoms with van der Waals surface area (Å²) in [6, 6.07) is 16.2. The molecule has 0 aliphatic carbocycles. The fraction of sp³-hybridized carbons (Fsp3) is 0.208. The van der Waals surface area contributed by atoms with E-state index in [1.807, 2.05) is 37.3 Å². The lowest BCUT2D eigenvalue weighted by Gasteiger charge is -2.08. The highest BCUT2D eigenvalue weighted by molar-refractivity contribution is 6.10. The lowest BCUT2D eigenvalue weighted by Crippen LogP contribution is -2.28. The van der Waals surface area contributed by atoms with Gasteiger partial charge >= 0.3 is 0 Å². The Labute approximate surface area is 179 Å². The molecule has 0 fully saturated rings. The molecule has 7 heteroatoms. The molecular formula is C24H24N4O3. The van der Waals surface area contributed by atoms with Crippen LogP contribution in [0.15, 0.2) is 54.6 Å². The number of pyridine rings is 1. The number of fused-ring (bicyclic) bond motifs is 3. The number of carbonyl (C=O) groups is 2. The number of benzene rings is 2. The minimum absolute atomic E-state index is 0.0396. The third-order valence-electron chi connectivity index (χ3n) is 5.23. The standard InChI is InChI=1S/C24H24N4O3/c1-15-22-18(16-8-2-4-10-19(16)28-22)14-20(27-15)24(31)26-13-7-6-12-25-23(30)17-9-3-5-11-21(17)29/h2-5,8-11,14,28-29H,6-7,12-13H2,1H3,(H,25,30)(H,26,31). The predicted molar refractivity (Wildman–Crippen MR) is 120 cm³/mol. The van der Waals surface area contributed by atoms with Crippen LogP contribution in [0.2, 0.25) is 0 Å². The molecule has 0 aliphatic rings. The van der Waals surface area contributed by atoms with E-state index in [0.29, 0.717) is 31.6 Å². The number of hydrogen-bond acceptors (Lipinski definition) is 4. The van der Waals surface area contributed by atoms with Crippen molar-refractivity contribution in [2.75, 3.05) is 13.1 Å². The zero-order valence-corrected chi connectivity index (χ0v) is 17.2. The molecule has 0 unspecified atom stereocenters. The van der Waals surface area contributed by atoms with Crippen molar-refractivity contribution in [3.63, 3.8) is 0 Å². The topological polar surface area (TPSA) is 107 Å². The van der Waals surface area contributed by atoms with Crippen LogP contribution in [0.25, 0.3) is 21.8 Å². The van der Waals surface area contributed by atoms with E-state index in [1.165, 1.54) is 6.07 Å². The van der Waals surface area contributed by atoms with Gasteiger partial charge in [0, 0.05) is 29.4 Å². The van der Waals surface area contributed by atoms with Crippen molar-refractivity contribution in [2.45, 2.75) is 19.8 Å². The van der Waals surface area contributed by atoms with E-state index in [1.54, 1.807) is 18.2 Å². The first-order valence-electron chi connectivity index (χ1n) is 10.3. The number of hydrogen-bond donors (Lipinski definition) is 4. The Kier molecular flexibility index (Phi) is 5.84. The molecule has 2 heterocycles. The van der Waals surface area contributed by atoms with Crippen molar-refractivity contribution in [2.24, 2.45) is 0 Å². The number of nitrogens with one attached hydrogen (secondary N) is 3. The maximum atomic E-state index is 12.6. The Bertz CT molecular complexity index is 1260. The fourth-order valence-electron chi connectivity index (χ4n) is 3.63. The van der Waals surface area contributed by atoms with Crippen LogP contribution in [-0.4, -0.2) is 40.0 Å². The summed E-state index contributed by atoms with van der Waals surface area (Å²) in [7, 11) is 0. The average Bonchev–Trinajstić information content (AvgIpc) is 3.15. The van der Waals surface area contributed by atoms with Crippen LogP contribution in [0.4, 0.5) is 0 Å². The number of phenolic OH excluding ortho intramolecular Hbond substituents is 1. The van der Waals surface area contributed by atoms with Crippen molar-refractivity contribution in [3.05, 3.63) is 71.5 Å². The van der Waals surface area contributed by atoms with Gasteiger partial charge in [0.2, 0.25) is 0 Å². The largest absolute Gasteiger partial charge is 0.507 e. The van der Waals surface area contributed by atoms with E-state index in [0.717, 1.165) is 27.5 Å². The molecule has 0 saturated heterocycles. The number of amides is 2. The van der Waals surface area contributed by atoms with E-state index >= 15 is 0 Å². The summed E-state index contributed by atoms with van der Waals surface area (Å²) in [6.07, 6.45) is 1.41. The third-order valence-corrected chi connectivity index (χ3v) is 5.23. The molecule has 31 heavy (non-hydrogen) atoms. The fourth-order valence-corrected chi connectivity index (χ4v) is 3.63. The third kappa shape index (κ3) is 4.35. The molecule has 0 radical (unpaired) electrons. The van der Waals surface area contributed by atoms with Crippen LogP contribution in [0, 0.1) is 6.92 Å². The number of phenols is 1. The molecular weight excluding hydrogens is 392 g/mol. The molecule has 2 aromatic heterocycles. The summed E-state index contributed by atoms with van der Waals surface area (Å²) >= 11 is 0. The van der Waals surface area contributed by atoms with Gasteiger partial charge in [-0.2, -0.15) is 0 Å². The van der Waals surface area contributed by atoms with Crippen LogP contribution in [0.3, 0.4) is 0 Å². The molecule has 7 nitrogen and oxygen atoms in total. The summed E-state index contributed by atoms with van der Waals surface area (Å²) in [6.45, 7) is 2.83. The van der Waals surface area contributed by atoms with Crippen LogP contribution in [-0.2, 0) is 0 Å². The van der Waals surface area contributed by atoms with Crippen molar-refractivity contribution >= 4 is 33.6 Å². The van der Waals surface area contributed by atoms with Crippen molar-refractivity contribution in [1.29, 1.82) is 0 Å². The van der Waals surface area contributed by atoms with Gasteiger partial charge in [0.1, 0.15) is 11.4 Å². The van der Waals surface area contributed by atoms with Gasteiger partial charge in [-0.15, -0.1) is 0 Å². The summed E-state index contributed by atoms with van der Waals surface area (Å²) in [5.41, 5.74) is 3.39. The van der Waals surface area contributed by atoms with Crippen LogP contribution in [0.1, 0.15) is 39.4 Å². The highest BCUT2D eigenvalue weighted by Gasteiger charge is 2.14. The smallest absolute Gasteiger partial charge is 0.269 e. The van der Waals surface area contributed by atoms with E-state index < -0.39 is 0 Å². The second-order valence-corrected chi connectivity index (χ2v) is 7.42. The van der Waals surface area contributed by atoms with Gasteiger partial charge in [-0.1, -0.05) is 30.3 Å². The number of unbranched alkanes of at least 4 members (excludes halogenated alkanes) is 1. The molecule has 158 valence electrons. The molecule has 0 atom stereocenters. The van der Waals surface area contributed by atoms with E-state index in [-0.39, 0.29) is 23.1 Å².